The summed E-state index contributed by atoms with van der Waals surface area (Å²) in [4.78, 5) is 11.8. The van der Waals surface area contributed by atoms with Gasteiger partial charge in [0.25, 0.3) is 0 Å². The minimum Gasteiger partial charge on any atom is -0.495 e. The van der Waals surface area contributed by atoms with Crippen molar-refractivity contribution in [2.75, 3.05) is 19.5 Å². The van der Waals surface area contributed by atoms with Crippen LogP contribution >= 0.6 is 15.9 Å². The molecule has 0 unspecified atom stereocenters. The molecule has 0 atom stereocenters. The Bertz CT molecular complexity index is 621. The van der Waals surface area contributed by atoms with E-state index in [0.717, 1.165) is 5.56 Å². The molecule has 116 valence electrons. The third-order valence-electron chi connectivity index (χ3n) is 2.90. The highest BCUT2D eigenvalue weighted by atomic mass is 79.9. The van der Waals surface area contributed by atoms with Gasteiger partial charge in [-0.05, 0) is 21.5 Å². The maximum Gasteiger partial charge on any atom is 0.411 e. The summed E-state index contributed by atoms with van der Waals surface area (Å²) in [6.07, 6.45) is -0.546. The van der Waals surface area contributed by atoms with Crippen molar-refractivity contribution >= 4 is 27.7 Å². The zero-order valence-electron chi connectivity index (χ0n) is 12.3. The van der Waals surface area contributed by atoms with Gasteiger partial charge >= 0.3 is 6.09 Å². The van der Waals surface area contributed by atoms with Gasteiger partial charge in [-0.3, -0.25) is 5.32 Å². The van der Waals surface area contributed by atoms with Crippen LogP contribution in [0.15, 0.2) is 46.9 Å². The van der Waals surface area contributed by atoms with Crippen LogP contribution in [0.1, 0.15) is 5.56 Å². The fourth-order valence-electron chi connectivity index (χ4n) is 1.82. The molecule has 1 N–H and O–H groups in total. The van der Waals surface area contributed by atoms with E-state index < -0.39 is 6.09 Å². The lowest BCUT2D eigenvalue weighted by Gasteiger charge is -2.12. The smallest absolute Gasteiger partial charge is 0.411 e. The summed E-state index contributed by atoms with van der Waals surface area (Å²) in [7, 11) is 3.08. The Labute approximate surface area is 137 Å². The summed E-state index contributed by atoms with van der Waals surface area (Å²) in [5, 5.41) is 2.65. The van der Waals surface area contributed by atoms with Crippen molar-refractivity contribution in [2.24, 2.45) is 0 Å². The van der Waals surface area contributed by atoms with Gasteiger partial charge in [0.2, 0.25) is 0 Å². The van der Waals surface area contributed by atoms with Crippen molar-refractivity contribution < 1.29 is 19.0 Å². The Morgan fingerprint density at radius 2 is 1.68 bits per heavy atom. The number of carbonyl (C=O) groups is 1. The molecule has 0 spiro atoms. The Kier molecular flexibility index (Phi) is 5.66. The molecule has 2 aromatic rings. The number of hydrogen-bond acceptors (Lipinski definition) is 4. The van der Waals surface area contributed by atoms with Crippen molar-refractivity contribution in [1.82, 2.24) is 0 Å². The van der Waals surface area contributed by atoms with E-state index in [1.165, 1.54) is 14.2 Å². The largest absolute Gasteiger partial charge is 0.495 e. The normalized spacial score (nSPS) is 9.95. The summed E-state index contributed by atoms with van der Waals surface area (Å²) < 4.78 is 16.3. The van der Waals surface area contributed by atoms with Crippen LogP contribution in [0.4, 0.5) is 10.5 Å². The molecule has 6 heteroatoms. The standard InChI is InChI=1S/C16H16BrNO4/c1-20-13-8-12(9-14(21-2)15(13)17)18-16(19)22-10-11-6-4-3-5-7-11/h3-9H,10H2,1-2H3,(H,18,19). The van der Waals surface area contributed by atoms with E-state index in [1.807, 2.05) is 30.3 Å². The van der Waals surface area contributed by atoms with Crippen molar-refractivity contribution in [3.63, 3.8) is 0 Å². The third-order valence-corrected chi connectivity index (χ3v) is 3.69. The van der Waals surface area contributed by atoms with Gasteiger partial charge < -0.3 is 14.2 Å². The summed E-state index contributed by atoms with van der Waals surface area (Å²) >= 11 is 3.37. The highest BCUT2D eigenvalue weighted by Crippen LogP contribution is 2.37. The van der Waals surface area contributed by atoms with Crippen LogP contribution in [0, 0.1) is 0 Å². The number of nitrogens with one attached hydrogen (secondary N) is 1. The van der Waals surface area contributed by atoms with Crippen LogP contribution in [0.3, 0.4) is 0 Å². The second-order valence-electron chi connectivity index (χ2n) is 4.38. The lowest BCUT2D eigenvalue weighted by Crippen LogP contribution is -2.13. The second-order valence-corrected chi connectivity index (χ2v) is 5.17. The molecule has 0 aliphatic heterocycles. The van der Waals surface area contributed by atoms with E-state index in [-0.39, 0.29) is 6.61 Å². The topological polar surface area (TPSA) is 56.8 Å². The molecule has 0 aliphatic rings. The highest BCUT2D eigenvalue weighted by molar-refractivity contribution is 9.10. The fourth-order valence-corrected chi connectivity index (χ4v) is 2.37. The van der Waals surface area contributed by atoms with Gasteiger partial charge in [-0.2, -0.15) is 0 Å². The van der Waals surface area contributed by atoms with Gasteiger partial charge in [0.15, 0.2) is 0 Å². The average molecular weight is 366 g/mol. The maximum absolute atomic E-state index is 11.8. The van der Waals surface area contributed by atoms with Gasteiger partial charge in [-0.25, -0.2) is 4.79 Å². The highest BCUT2D eigenvalue weighted by Gasteiger charge is 2.12. The first-order valence-electron chi connectivity index (χ1n) is 6.53. The van der Waals surface area contributed by atoms with Crippen LogP contribution in [0.25, 0.3) is 0 Å². The minimum absolute atomic E-state index is 0.206. The molecule has 2 rings (SSSR count). The molecule has 1 amide bonds. The number of carbonyl (C=O) groups excluding carboxylic acids is 1. The van der Waals surface area contributed by atoms with Crippen LogP contribution in [-0.2, 0) is 11.3 Å². The number of methoxy groups -OCH3 is 2. The first-order valence-corrected chi connectivity index (χ1v) is 7.32. The summed E-state index contributed by atoms with van der Waals surface area (Å²) in [5.74, 6) is 1.11. The average Bonchev–Trinajstić information content (AvgIpc) is 2.55. The minimum atomic E-state index is -0.546. The molecule has 0 heterocycles. The molecule has 0 aliphatic carbocycles. The zero-order chi connectivity index (χ0) is 15.9. The lowest BCUT2D eigenvalue weighted by atomic mass is 10.2. The zero-order valence-corrected chi connectivity index (χ0v) is 13.8. The lowest BCUT2D eigenvalue weighted by molar-refractivity contribution is 0.155. The first-order chi connectivity index (χ1) is 10.6. The van der Waals surface area contributed by atoms with E-state index in [2.05, 4.69) is 21.2 Å². The van der Waals surface area contributed by atoms with E-state index in [4.69, 9.17) is 14.2 Å². The van der Waals surface area contributed by atoms with E-state index in [1.54, 1.807) is 12.1 Å². The number of halogens is 1. The molecule has 2 aromatic carbocycles. The Hall–Kier alpha value is -2.21. The molecule has 5 nitrogen and oxygen atoms in total. The number of benzene rings is 2. The quantitative estimate of drug-likeness (QED) is 0.861. The molecular weight excluding hydrogens is 350 g/mol. The van der Waals surface area contributed by atoms with E-state index >= 15 is 0 Å². The fraction of sp³-hybridized carbons (Fsp3) is 0.188. The van der Waals surface area contributed by atoms with Crippen molar-refractivity contribution in [3.8, 4) is 11.5 Å². The third kappa shape index (κ3) is 4.14. The van der Waals surface area contributed by atoms with Gasteiger partial charge in [-0.15, -0.1) is 0 Å². The van der Waals surface area contributed by atoms with Gasteiger partial charge in [0.1, 0.15) is 22.6 Å². The summed E-state index contributed by atoms with van der Waals surface area (Å²) in [5.41, 5.74) is 1.44. The number of ether oxygens (including phenoxy) is 3. The summed E-state index contributed by atoms with van der Waals surface area (Å²) in [6, 6.07) is 12.8. The van der Waals surface area contributed by atoms with Crippen molar-refractivity contribution in [1.29, 1.82) is 0 Å². The molecular formula is C16H16BrNO4. The van der Waals surface area contributed by atoms with Gasteiger partial charge in [0, 0.05) is 12.1 Å². The number of anilines is 1. The first kappa shape index (κ1) is 16.2. The van der Waals surface area contributed by atoms with Crippen LogP contribution in [0.2, 0.25) is 0 Å². The summed E-state index contributed by atoms with van der Waals surface area (Å²) in [6.45, 7) is 0.206. The predicted octanol–water partition coefficient (Wildman–Crippen LogP) is 4.22. The second kappa shape index (κ2) is 7.70. The number of amides is 1. The number of rotatable bonds is 5. The van der Waals surface area contributed by atoms with Gasteiger partial charge in [0.05, 0.1) is 19.9 Å². The maximum atomic E-state index is 11.8. The Morgan fingerprint density at radius 3 is 2.23 bits per heavy atom. The molecule has 22 heavy (non-hydrogen) atoms. The molecule has 0 fully saturated rings. The SMILES string of the molecule is COc1cc(NC(=O)OCc2ccccc2)cc(OC)c1Br. The predicted molar refractivity (Wildman–Crippen MR) is 87.5 cm³/mol. The molecule has 0 saturated heterocycles. The number of hydrogen-bond donors (Lipinski definition) is 1. The Morgan fingerprint density at radius 1 is 1.09 bits per heavy atom. The molecule has 0 saturated carbocycles. The van der Waals surface area contributed by atoms with Crippen LogP contribution < -0.4 is 14.8 Å². The van der Waals surface area contributed by atoms with Gasteiger partial charge in [-0.1, -0.05) is 30.3 Å². The monoisotopic (exact) mass is 365 g/mol. The van der Waals surface area contributed by atoms with E-state index in [0.29, 0.717) is 21.7 Å². The van der Waals surface area contributed by atoms with Crippen molar-refractivity contribution in [3.05, 3.63) is 52.5 Å². The Balaban J connectivity index is 2.02. The molecule has 0 aromatic heterocycles. The van der Waals surface area contributed by atoms with Crippen LogP contribution in [0.5, 0.6) is 11.5 Å². The molecule has 0 radical (unpaired) electrons. The van der Waals surface area contributed by atoms with E-state index in [9.17, 15) is 4.79 Å². The molecule has 0 bridgehead atoms. The van der Waals surface area contributed by atoms with Crippen molar-refractivity contribution in [2.45, 2.75) is 6.61 Å². The van der Waals surface area contributed by atoms with Crippen LogP contribution in [-0.4, -0.2) is 20.3 Å².